The first-order valence-corrected chi connectivity index (χ1v) is 8.56. The molecule has 126 valence electrons. The maximum atomic E-state index is 13.0. The fraction of sp³-hybridized carbons (Fsp3) is 0.200. The van der Waals surface area contributed by atoms with Crippen molar-refractivity contribution in [2.24, 2.45) is 7.05 Å². The minimum absolute atomic E-state index is 0.0138. The van der Waals surface area contributed by atoms with Crippen molar-refractivity contribution in [1.82, 2.24) is 9.47 Å². The number of hydrogen-bond donors (Lipinski definition) is 0. The SMILES string of the molecule is Cn1c(C(=O)N2CCc3cc(C=O)ccc3C2)cc2cc(Cl)ccc21. The summed E-state index contributed by atoms with van der Waals surface area (Å²) in [6, 6.07) is 13.2. The molecule has 0 saturated carbocycles. The predicted octanol–water partition coefficient (Wildman–Crippen LogP) is 3.84. The second-order valence-corrected chi connectivity index (χ2v) is 6.85. The number of aromatic nitrogens is 1. The van der Waals surface area contributed by atoms with Crippen LogP contribution in [0.2, 0.25) is 5.02 Å². The van der Waals surface area contributed by atoms with Gasteiger partial charge < -0.3 is 9.47 Å². The van der Waals surface area contributed by atoms with Crippen LogP contribution >= 0.6 is 11.6 Å². The maximum absolute atomic E-state index is 13.0. The monoisotopic (exact) mass is 352 g/mol. The second kappa shape index (κ2) is 6.05. The van der Waals surface area contributed by atoms with Crippen LogP contribution in [0.1, 0.15) is 32.0 Å². The summed E-state index contributed by atoms with van der Waals surface area (Å²) in [6.45, 7) is 1.21. The van der Waals surface area contributed by atoms with Gasteiger partial charge in [0.25, 0.3) is 5.91 Å². The molecule has 1 amide bonds. The van der Waals surface area contributed by atoms with Crippen LogP contribution in [0.3, 0.4) is 0 Å². The third-order valence-electron chi connectivity index (χ3n) is 4.89. The Morgan fingerprint density at radius 3 is 2.76 bits per heavy atom. The molecule has 0 N–H and O–H groups in total. The van der Waals surface area contributed by atoms with E-state index < -0.39 is 0 Å². The van der Waals surface area contributed by atoms with Crippen LogP contribution in [0.15, 0.2) is 42.5 Å². The molecule has 1 aliphatic rings. The molecule has 5 heteroatoms. The van der Waals surface area contributed by atoms with Gasteiger partial charge in [0.1, 0.15) is 12.0 Å². The Bertz CT molecular complexity index is 1010. The standard InChI is InChI=1S/C20H17ClN2O2/c1-22-18-5-4-17(21)9-16(18)10-19(22)20(25)23-7-6-14-8-13(12-24)2-3-15(14)11-23/h2-5,8-10,12H,6-7,11H2,1H3. The lowest BCUT2D eigenvalue weighted by atomic mass is 9.97. The third-order valence-corrected chi connectivity index (χ3v) is 5.12. The highest BCUT2D eigenvalue weighted by molar-refractivity contribution is 6.31. The molecule has 0 aliphatic carbocycles. The van der Waals surface area contributed by atoms with E-state index in [0.717, 1.165) is 34.7 Å². The molecule has 0 atom stereocenters. The van der Waals surface area contributed by atoms with E-state index in [1.165, 1.54) is 0 Å². The summed E-state index contributed by atoms with van der Waals surface area (Å²) in [5, 5.41) is 1.63. The van der Waals surface area contributed by atoms with Gasteiger partial charge in [0.2, 0.25) is 0 Å². The zero-order valence-corrected chi connectivity index (χ0v) is 14.6. The summed E-state index contributed by atoms with van der Waals surface area (Å²) in [7, 11) is 1.90. The van der Waals surface area contributed by atoms with Crippen molar-refractivity contribution in [2.75, 3.05) is 6.54 Å². The first-order chi connectivity index (χ1) is 12.1. The fourth-order valence-electron chi connectivity index (χ4n) is 3.51. The van der Waals surface area contributed by atoms with E-state index in [9.17, 15) is 9.59 Å². The number of carbonyl (C=O) groups excluding carboxylic acids is 2. The van der Waals surface area contributed by atoms with Crippen molar-refractivity contribution < 1.29 is 9.59 Å². The van der Waals surface area contributed by atoms with Gasteiger partial charge in [-0.25, -0.2) is 0 Å². The topological polar surface area (TPSA) is 42.3 Å². The summed E-state index contributed by atoms with van der Waals surface area (Å²) in [5.41, 5.74) is 4.58. The number of aryl methyl sites for hydroxylation is 1. The third kappa shape index (κ3) is 2.72. The average molecular weight is 353 g/mol. The Balaban J connectivity index is 1.65. The van der Waals surface area contributed by atoms with Crippen molar-refractivity contribution in [3.8, 4) is 0 Å². The molecular weight excluding hydrogens is 336 g/mol. The molecule has 0 saturated heterocycles. The number of fused-ring (bicyclic) bond motifs is 2. The predicted molar refractivity (Wildman–Crippen MR) is 98.2 cm³/mol. The molecule has 0 unspecified atom stereocenters. The van der Waals surface area contributed by atoms with E-state index in [1.807, 2.05) is 52.9 Å². The van der Waals surface area contributed by atoms with Gasteiger partial charge in [0.15, 0.2) is 0 Å². The molecule has 1 aliphatic heterocycles. The molecular formula is C20H17ClN2O2. The smallest absolute Gasteiger partial charge is 0.270 e. The number of rotatable bonds is 2. The Morgan fingerprint density at radius 2 is 1.96 bits per heavy atom. The molecule has 0 spiro atoms. The number of hydrogen-bond acceptors (Lipinski definition) is 2. The lowest BCUT2D eigenvalue weighted by molar-refractivity contribution is 0.0725. The lowest BCUT2D eigenvalue weighted by Gasteiger charge is -2.29. The van der Waals surface area contributed by atoms with Gasteiger partial charge in [-0.2, -0.15) is 0 Å². The Hall–Kier alpha value is -2.59. The number of nitrogens with zero attached hydrogens (tertiary/aromatic N) is 2. The van der Waals surface area contributed by atoms with Crippen LogP contribution in [-0.2, 0) is 20.0 Å². The minimum atomic E-state index is 0.0138. The summed E-state index contributed by atoms with van der Waals surface area (Å²) in [6.07, 6.45) is 1.62. The first-order valence-electron chi connectivity index (χ1n) is 8.18. The largest absolute Gasteiger partial charge is 0.340 e. The summed E-state index contributed by atoms with van der Waals surface area (Å²) < 4.78 is 1.92. The van der Waals surface area contributed by atoms with Crippen molar-refractivity contribution in [1.29, 1.82) is 0 Å². The summed E-state index contributed by atoms with van der Waals surface area (Å²) >= 11 is 6.06. The van der Waals surface area contributed by atoms with Crippen molar-refractivity contribution in [3.63, 3.8) is 0 Å². The first kappa shape index (κ1) is 15.9. The van der Waals surface area contributed by atoms with E-state index in [-0.39, 0.29) is 5.91 Å². The van der Waals surface area contributed by atoms with Crippen LogP contribution in [-0.4, -0.2) is 28.2 Å². The van der Waals surface area contributed by atoms with Crippen LogP contribution in [0, 0.1) is 0 Å². The molecule has 4 rings (SSSR count). The molecule has 3 aromatic rings. The van der Waals surface area contributed by atoms with Crippen LogP contribution in [0.5, 0.6) is 0 Å². The average Bonchev–Trinajstić information content (AvgIpc) is 2.96. The summed E-state index contributed by atoms with van der Waals surface area (Å²) in [5.74, 6) is 0.0138. The highest BCUT2D eigenvalue weighted by Gasteiger charge is 2.24. The van der Waals surface area contributed by atoms with Crippen molar-refractivity contribution in [2.45, 2.75) is 13.0 Å². The molecule has 2 heterocycles. The molecule has 4 nitrogen and oxygen atoms in total. The van der Waals surface area contributed by atoms with Crippen LogP contribution in [0.25, 0.3) is 10.9 Å². The van der Waals surface area contributed by atoms with E-state index >= 15 is 0 Å². The van der Waals surface area contributed by atoms with Gasteiger partial charge in [-0.05, 0) is 47.9 Å². The molecule has 2 aromatic carbocycles. The van der Waals surface area contributed by atoms with E-state index in [4.69, 9.17) is 11.6 Å². The Labute approximate surface area is 150 Å². The molecule has 0 radical (unpaired) electrons. The van der Waals surface area contributed by atoms with Gasteiger partial charge in [-0.15, -0.1) is 0 Å². The second-order valence-electron chi connectivity index (χ2n) is 6.41. The number of carbonyl (C=O) groups is 2. The highest BCUT2D eigenvalue weighted by Crippen LogP contribution is 2.26. The van der Waals surface area contributed by atoms with Crippen LogP contribution in [0.4, 0.5) is 0 Å². The highest BCUT2D eigenvalue weighted by atomic mass is 35.5. The molecule has 1 aromatic heterocycles. The molecule has 25 heavy (non-hydrogen) atoms. The molecule has 0 fully saturated rings. The van der Waals surface area contributed by atoms with Gasteiger partial charge in [0.05, 0.1) is 0 Å². The van der Waals surface area contributed by atoms with Crippen molar-refractivity contribution in [3.05, 3.63) is 69.9 Å². The van der Waals surface area contributed by atoms with E-state index in [2.05, 4.69) is 0 Å². The number of aldehydes is 1. The minimum Gasteiger partial charge on any atom is -0.340 e. The molecule has 0 bridgehead atoms. The quantitative estimate of drug-likeness (QED) is 0.657. The normalized spacial score (nSPS) is 13.8. The zero-order chi connectivity index (χ0) is 17.6. The number of amides is 1. The van der Waals surface area contributed by atoms with Gasteiger partial charge >= 0.3 is 0 Å². The van der Waals surface area contributed by atoms with Gasteiger partial charge in [0, 0.05) is 41.6 Å². The Morgan fingerprint density at radius 1 is 1.12 bits per heavy atom. The number of halogens is 1. The van der Waals surface area contributed by atoms with Gasteiger partial charge in [-0.1, -0.05) is 23.7 Å². The zero-order valence-electron chi connectivity index (χ0n) is 13.8. The van der Waals surface area contributed by atoms with E-state index in [0.29, 0.717) is 29.4 Å². The van der Waals surface area contributed by atoms with E-state index in [1.54, 1.807) is 6.07 Å². The Kier molecular flexibility index (Phi) is 3.85. The maximum Gasteiger partial charge on any atom is 0.270 e. The summed E-state index contributed by atoms with van der Waals surface area (Å²) in [4.78, 5) is 25.8. The number of benzene rings is 2. The fourth-order valence-corrected chi connectivity index (χ4v) is 3.69. The van der Waals surface area contributed by atoms with Crippen molar-refractivity contribution >= 4 is 34.7 Å². The lowest BCUT2D eigenvalue weighted by Crippen LogP contribution is -2.36. The van der Waals surface area contributed by atoms with Crippen LogP contribution < -0.4 is 0 Å². The van der Waals surface area contributed by atoms with Gasteiger partial charge in [-0.3, -0.25) is 9.59 Å².